The Bertz CT molecular complexity index is 1020. The van der Waals surface area contributed by atoms with Gasteiger partial charge in [0.2, 0.25) is 5.91 Å². The number of hydrogen-bond acceptors (Lipinski definition) is 5. The van der Waals surface area contributed by atoms with Gasteiger partial charge < -0.3 is 25.0 Å². The van der Waals surface area contributed by atoms with Crippen molar-refractivity contribution in [2.45, 2.75) is 0 Å². The van der Waals surface area contributed by atoms with Crippen molar-refractivity contribution in [1.82, 2.24) is 4.90 Å². The number of anilines is 2. The molecule has 0 aliphatic carbocycles. The van der Waals surface area contributed by atoms with E-state index in [4.69, 9.17) is 9.47 Å². The van der Waals surface area contributed by atoms with Crippen molar-refractivity contribution in [3.8, 4) is 11.5 Å². The Balaban J connectivity index is 1.41. The van der Waals surface area contributed by atoms with Crippen LogP contribution in [0.3, 0.4) is 0 Å². The van der Waals surface area contributed by atoms with Gasteiger partial charge in [-0.1, -0.05) is 24.3 Å². The van der Waals surface area contributed by atoms with Gasteiger partial charge in [-0.2, -0.15) is 0 Å². The monoisotopic (exact) mass is 433 g/mol. The number of para-hydroxylation sites is 1. The molecule has 2 amide bonds. The summed E-state index contributed by atoms with van der Waals surface area (Å²) in [7, 11) is 3.40. The normalized spacial score (nSPS) is 10.2. The first-order chi connectivity index (χ1) is 15.5. The van der Waals surface area contributed by atoms with E-state index >= 15 is 0 Å². The molecular formula is C25H27N3O4. The van der Waals surface area contributed by atoms with Gasteiger partial charge in [-0.25, -0.2) is 0 Å². The third kappa shape index (κ3) is 7.05. The number of rotatable bonds is 10. The highest BCUT2D eigenvalue weighted by atomic mass is 16.5. The van der Waals surface area contributed by atoms with Crippen LogP contribution >= 0.6 is 0 Å². The van der Waals surface area contributed by atoms with E-state index in [0.29, 0.717) is 35.9 Å². The van der Waals surface area contributed by atoms with E-state index in [1.54, 1.807) is 56.6 Å². The third-order valence-corrected chi connectivity index (χ3v) is 4.47. The predicted octanol–water partition coefficient (Wildman–Crippen LogP) is 3.90. The van der Waals surface area contributed by atoms with E-state index in [-0.39, 0.29) is 18.4 Å². The Morgan fingerprint density at radius 1 is 0.781 bits per heavy atom. The Kier molecular flexibility index (Phi) is 8.09. The molecule has 0 spiro atoms. The minimum absolute atomic E-state index is 0.0781. The van der Waals surface area contributed by atoms with Crippen LogP contribution in [-0.2, 0) is 4.79 Å². The molecule has 0 saturated carbocycles. The molecule has 0 fully saturated rings. The van der Waals surface area contributed by atoms with E-state index in [1.807, 2.05) is 36.4 Å². The molecule has 7 heteroatoms. The van der Waals surface area contributed by atoms with E-state index in [0.717, 1.165) is 5.75 Å². The lowest BCUT2D eigenvalue weighted by Crippen LogP contribution is -2.23. The van der Waals surface area contributed by atoms with Crippen LogP contribution in [0.25, 0.3) is 0 Å². The minimum atomic E-state index is -0.195. The topological polar surface area (TPSA) is 79.9 Å². The number of ether oxygens (including phenoxy) is 2. The van der Waals surface area contributed by atoms with Crippen molar-refractivity contribution >= 4 is 23.2 Å². The molecule has 0 atom stereocenters. The molecule has 0 aliphatic heterocycles. The Morgan fingerprint density at radius 2 is 1.44 bits per heavy atom. The fourth-order valence-corrected chi connectivity index (χ4v) is 2.88. The van der Waals surface area contributed by atoms with Gasteiger partial charge in [-0.05, 0) is 54.6 Å². The van der Waals surface area contributed by atoms with Crippen molar-refractivity contribution in [2.24, 2.45) is 0 Å². The second kappa shape index (κ2) is 11.4. The molecule has 0 heterocycles. The highest BCUT2D eigenvalue weighted by Crippen LogP contribution is 2.16. The molecule has 0 bridgehead atoms. The highest BCUT2D eigenvalue weighted by molar-refractivity contribution is 5.96. The molecule has 7 nitrogen and oxygen atoms in total. The number of nitrogens with zero attached hydrogens (tertiary/aromatic N) is 1. The van der Waals surface area contributed by atoms with Crippen molar-refractivity contribution in [3.05, 3.63) is 84.4 Å². The van der Waals surface area contributed by atoms with Crippen LogP contribution in [-0.4, -0.2) is 50.6 Å². The molecule has 2 N–H and O–H groups in total. The standard InChI is InChI=1S/C25H27N3O4/c1-28(2)25(30)19-7-6-8-21(17-19)26-18-24(29)27-20-11-13-23(14-12-20)32-16-15-31-22-9-4-3-5-10-22/h3-14,17,26H,15-16,18H2,1-2H3,(H,27,29). The third-order valence-electron chi connectivity index (χ3n) is 4.47. The summed E-state index contributed by atoms with van der Waals surface area (Å²) in [5, 5.41) is 5.86. The lowest BCUT2D eigenvalue weighted by molar-refractivity contribution is -0.114. The van der Waals surface area contributed by atoms with Crippen LogP contribution in [0.5, 0.6) is 11.5 Å². The SMILES string of the molecule is CN(C)C(=O)c1cccc(NCC(=O)Nc2ccc(OCCOc3ccccc3)cc2)c1. The summed E-state index contributed by atoms with van der Waals surface area (Å²) in [6.45, 7) is 0.935. The first-order valence-electron chi connectivity index (χ1n) is 10.3. The van der Waals surface area contributed by atoms with Crippen LogP contribution in [0.1, 0.15) is 10.4 Å². The van der Waals surface area contributed by atoms with Crippen molar-refractivity contribution in [2.75, 3.05) is 44.5 Å². The molecule has 3 rings (SSSR count). The number of carbonyl (C=O) groups excluding carboxylic acids is 2. The van der Waals surface area contributed by atoms with E-state index in [1.165, 1.54) is 4.90 Å². The van der Waals surface area contributed by atoms with Crippen LogP contribution in [0.4, 0.5) is 11.4 Å². The quantitative estimate of drug-likeness (QED) is 0.474. The molecule has 0 aromatic heterocycles. The summed E-state index contributed by atoms with van der Waals surface area (Å²) in [6, 6.07) is 23.8. The first-order valence-corrected chi connectivity index (χ1v) is 10.3. The summed E-state index contributed by atoms with van der Waals surface area (Å²) < 4.78 is 11.2. The van der Waals surface area contributed by atoms with Crippen molar-refractivity contribution in [1.29, 1.82) is 0 Å². The number of amides is 2. The van der Waals surface area contributed by atoms with Gasteiger partial charge in [0.15, 0.2) is 0 Å². The maximum atomic E-state index is 12.2. The van der Waals surface area contributed by atoms with Crippen molar-refractivity contribution in [3.63, 3.8) is 0 Å². The van der Waals surface area contributed by atoms with Crippen LogP contribution < -0.4 is 20.1 Å². The molecule has 32 heavy (non-hydrogen) atoms. The van der Waals surface area contributed by atoms with Gasteiger partial charge >= 0.3 is 0 Å². The summed E-state index contributed by atoms with van der Waals surface area (Å²) in [6.07, 6.45) is 0. The van der Waals surface area contributed by atoms with Gasteiger partial charge in [0, 0.05) is 31.0 Å². The van der Waals surface area contributed by atoms with Gasteiger partial charge in [0.1, 0.15) is 24.7 Å². The van der Waals surface area contributed by atoms with Gasteiger partial charge in [-0.3, -0.25) is 9.59 Å². The van der Waals surface area contributed by atoms with E-state index in [2.05, 4.69) is 10.6 Å². The molecule has 3 aromatic rings. The first kappa shape index (κ1) is 22.7. The Labute approximate surface area is 188 Å². The number of nitrogens with one attached hydrogen (secondary N) is 2. The van der Waals surface area contributed by atoms with Crippen LogP contribution in [0.2, 0.25) is 0 Å². The maximum Gasteiger partial charge on any atom is 0.253 e. The zero-order valence-electron chi connectivity index (χ0n) is 18.2. The largest absolute Gasteiger partial charge is 0.490 e. The fourth-order valence-electron chi connectivity index (χ4n) is 2.88. The predicted molar refractivity (Wildman–Crippen MR) is 125 cm³/mol. The number of hydrogen-bond donors (Lipinski definition) is 2. The van der Waals surface area contributed by atoms with Crippen molar-refractivity contribution < 1.29 is 19.1 Å². The Morgan fingerprint density at radius 3 is 2.09 bits per heavy atom. The zero-order valence-corrected chi connectivity index (χ0v) is 18.2. The second-order valence-electron chi connectivity index (χ2n) is 7.22. The minimum Gasteiger partial charge on any atom is -0.490 e. The van der Waals surface area contributed by atoms with Gasteiger partial charge in [0.05, 0.1) is 6.54 Å². The van der Waals surface area contributed by atoms with Crippen LogP contribution in [0, 0.1) is 0 Å². The summed E-state index contributed by atoms with van der Waals surface area (Å²) >= 11 is 0. The number of benzene rings is 3. The van der Waals surface area contributed by atoms with E-state index in [9.17, 15) is 9.59 Å². The molecule has 0 unspecified atom stereocenters. The average Bonchev–Trinajstić information content (AvgIpc) is 2.82. The molecule has 0 aliphatic rings. The maximum absolute atomic E-state index is 12.2. The highest BCUT2D eigenvalue weighted by Gasteiger charge is 2.09. The zero-order chi connectivity index (χ0) is 22.8. The summed E-state index contributed by atoms with van der Waals surface area (Å²) in [5.41, 5.74) is 1.93. The lowest BCUT2D eigenvalue weighted by Gasteiger charge is -2.12. The molecular weight excluding hydrogens is 406 g/mol. The number of carbonyl (C=O) groups is 2. The molecule has 3 aromatic carbocycles. The fraction of sp³-hybridized carbons (Fsp3) is 0.200. The smallest absolute Gasteiger partial charge is 0.253 e. The van der Waals surface area contributed by atoms with Gasteiger partial charge in [-0.15, -0.1) is 0 Å². The summed E-state index contributed by atoms with van der Waals surface area (Å²) in [4.78, 5) is 25.8. The molecule has 166 valence electrons. The van der Waals surface area contributed by atoms with Crippen LogP contribution in [0.15, 0.2) is 78.9 Å². The van der Waals surface area contributed by atoms with E-state index < -0.39 is 0 Å². The summed E-state index contributed by atoms with van der Waals surface area (Å²) in [5.74, 6) is 1.21. The van der Waals surface area contributed by atoms with Gasteiger partial charge in [0.25, 0.3) is 5.91 Å². The second-order valence-corrected chi connectivity index (χ2v) is 7.22. The average molecular weight is 434 g/mol. The molecule has 0 radical (unpaired) electrons. The Hall–Kier alpha value is -4.00. The lowest BCUT2D eigenvalue weighted by atomic mass is 10.2. The molecule has 0 saturated heterocycles.